The number of fused-ring (bicyclic) bond motifs is 3. The molecule has 5 nitrogen and oxygen atoms in total. The van der Waals surface area contributed by atoms with Crippen molar-refractivity contribution in [1.82, 2.24) is 9.88 Å². The highest BCUT2D eigenvalue weighted by Crippen LogP contribution is 2.36. The quantitative estimate of drug-likeness (QED) is 0.532. The van der Waals surface area contributed by atoms with Crippen molar-refractivity contribution in [2.24, 2.45) is 0 Å². The summed E-state index contributed by atoms with van der Waals surface area (Å²) in [6, 6.07) is 16.2. The average Bonchev–Trinajstić information content (AvgIpc) is 3.16. The lowest BCUT2D eigenvalue weighted by Gasteiger charge is -2.44. The molecule has 0 spiro atoms. The molecule has 34 heavy (non-hydrogen) atoms. The maximum absolute atomic E-state index is 14.0. The maximum Gasteiger partial charge on any atom is 0.275 e. The van der Waals surface area contributed by atoms with E-state index in [0.717, 1.165) is 47.8 Å². The average molecular weight is 458 g/mol. The highest BCUT2D eigenvalue weighted by molar-refractivity contribution is 6.14. The third-order valence-corrected chi connectivity index (χ3v) is 7.87. The molecular formula is C29H35N3O2. The molecule has 2 aliphatic rings. The number of anilines is 1. The minimum Gasteiger partial charge on any atom is -0.351 e. The van der Waals surface area contributed by atoms with Crippen LogP contribution in [0.4, 0.5) is 5.69 Å². The first kappa shape index (κ1) is 22.7. The Labute approximate surface area is 202 Å². The van der Waals surface area contributed by atoms with Crippen molar-refractivity contribution in [3.8, 4) is 0 Å². The predicted molar refractivity (Wildman–Crippen MR) is 137 cm³/mol. The van der Waals surface area contributed by atoms with Gasteiger partial charge in [-0.3, -0.25) is 14.5 Å². The number of carbonyl (C=O) groups is 2. The van der Waals surface area contributed by atoms with Gasteiger partial charge < -0.3 is 9.88 Å². The van der Waals surface area contributed by atoms with Crippen LogP contribution in [-0.4, -0.2) is 28.0 Å². The van der Waals surface area contributed by atoms with Crippen LogP contribution in [0.1, 0.15) is 73.5 Å². The van der Waals surface area contributed by atoms with Gasteiger partial charge in [0, 0.05) is 22.6 Å². The van der Waals surface area contributed by atoms with E-state index in [2.05, 4.69) is 19.2 Å². The first-order valence-electron chi connectivity index (χ1n) is 12.7. The van der Waals surface area contributed by atoms with Crippen molar-refractivity contribution in [3.63, 3.8) is 0 Å². The number of hydrogen-bond donors (Lipinski definition) is 1. The SMILES string of the molecule is Cc1ccc(N2C(=O)c3cc4ccccc4n3C[C@@]2(C)C(=O)NC2CCCCCCC2)cc1C. The Balaban J connectivity index is 1.58. The van der Waals surface area contributed by atoms with E-state index in [4.69, 9.17) is 0 Å². The molecule has 3 aromatic rings. The molecule has 1 atom stereocenters. The van der Waals surface area contributed by atoms with E-state index in [-0.39, 0.29) is 17.9 Å². The molecule has 2 amide bonds. The normalized spacial score (nSPS) is 21.7. The highest BCUT2D eigenvalue weighted by atomic mass is 16.2. The monoisotopic (exact) mass is 457 g/mol. The molecule has 0 bridgehead atoms. The molecule has 0 saturated heterocycles. The molecule has 0 radical (unpaired) electrons. The fourth-order valence-corrected chi connectivity index (χ4v) is 5.66. The molecule has 1 fully saturated rings. The van der Waals surface area contributed by atoms with Gasteiger partial charge in [0.1, 0.15) is 11.2 Å². The van der Waals surface area contributed by atoms with Crippen LogP contribution in [0.3, 0.4) is 0 Å². The lowest BCUT2D eigenvalue weighted by atomic mass is 9.91. The minimum atomic E-state index is -1.03. The standard InChI is InChI=1S/C29H35N3O2/c1-20-15-16-24(17-21(20)2)32-27(33)26-18-22-11-9-10-14-25(22)31(26)19-29(32,3)28(34)30-23-12-7-5-4-6-8-13-23/h9-11,14-18,23H,4-8,12-13,19H2,1-3H3,(H,30,34)/t29-/m0/s1. The van der Waals surface area contributed by atoms with E-state index < -0.39 is 5.54 Å². The molecule has 5 rings (SSSR count). The summed E-state index contributed by atoms with van der Waals surface area (Å²) in [5.74, 6) is -0.186. The van der Waals surface area contributed by atoms with Crippen molar-refractivity contribution < 1.29 is 9.59 Å². The second-order valence-corrected chi connectivity index (χ2v) is 10.4. The summed E-state index contributed by atoms with van der Waals surface area (Å²) in [5.41, 5.74) is 3.66. The molecule has 1 aliphatic carbocycles. The number of rotatable bonds is 3. The molecule has 2 aromatic carbocycles. The summed E-state index contributed by atoms with van der Waals surface area (Å²) in [6.45, 7) is 6.47. The molecule has 1 N–H and O–H groups in total. The van der Waals surface area contributed by atoms with Crippen molar-refractivity contribution >= 4 is 28.4 Å². The summed E-state index contributed by atoms with van der Waals surface area (Å²) >= 11 is 0. The molecule has 2 heterocycles. The van der Waals surface area contributed by atoms with Gasteiger partial charge in [-0.1, -0.05) is 56.4 Å². The maximum atomic E-state index is 14.0. The van der Waals surface area contributed by atoms with Crippen LogP contribution in [0.15, 0.2) is 48.5 Å². The van der Waals surface area contributed by atoms with Gasteiger partial charge in [0.2, 0.25) is 5.91 Å². The molecule has 5 heteroatoms. The molecule has 1 aromatic heterocycles. The van der Waals surface area contributed by atoms with Crippen LogP contribution in [0.25, 0.3) is 10.9 Å². The number of nitrogens with one attached hydrogen (secondary N) is 1. The Kier molecular flexibility index (Phi) is 5.97. The van der Waals surface area contributed by atoms with E-state index in [0.29, 0.717) is 12.2 Å². The van der Waals surface area contributed by atoms with Gasteiger partial charge in [-0.25, -0.2) is 0 Å². The van der Waals surface area contributed by atoms with Crippen LogP contribution in [0, 0.1) is 13.8 Å². The Hall–Kier alpha value is -3.08. The smallest absolute Gasteiger partial charge is 0.275 e. The van der Waals surface area contributed by atoms with Crippen molar-refractivity contribution in [3.05, 3.63) is 65.4 Å². The first-order chi connectivity index (χ1) is 16.4. The van der Waals surface area contributed by atoms with E-state index in [1.807, 2.05) is 60.0 Å². The van der Waals surface area contributed by atoms with E-state index in [1.165, 1.54) is 24.8 Å². The summed E-state index contributed by atoms with van der Waals surface area (Å²) in [6.07, 6.45) is 8.07. The Morgan fingerprint density at radius 2 is 1.65 bits per heavy atom. The van der Waals surface area contributed by atoms with Crippen LogP contribution >= 0.6 is 0 Å². The summed E-state index contributed by atoms with van der Waals surface area (Å²) in [5, 5.41) is 4.39. The van der Waals surface area contributed by atoms with Crippen LogP contribution in [-0.2, 0) is 11.3 Å². The van der Waals surface area contributed by atoms with Crippen molar-refractivity contribution in [2.45, 2.75) is 83.8 Å². The molecule has 0 unspecified atom stereocenters. The van der Waals surface area contributed by atoms with Gasteiger partial charge in [-0.15, -0.1) is 0 Å². The second kappa shape index (κ2) is 8.94. The molecule has 1 aliphatic heterocycles. The lowest BCUT2D eigenvalue weighted by Crippen LogP contribution is -2.65. The fourth-order valence-electron chi connectivity index (χ4n) is 5.66. The topological polar surface area (TPSA) is 54.3 Å². The zero-order valence-corrected chi connectivity index (χ0v) is 20.6. The highest BCUT2D eigenvalue weighted by Gasteiger charge is 2.49. The number of aryl methyl sites for hydroxylation is 2. The van der Waals surface area contributed by atoms with Crippen molar-refractivity contribution in [1.29, 1.82) is 0 Å². The van der Waals surface area contributed by atoms with Gasteiger partial charge in [0.05, 0.1) is 6.54 Å². The van der Waals surface area contributed by atoms with Crippen LogP contribution in [0.2, 0.25) is 0 Å². The molecular weight excluding hydrogens is 422 g/mol. The minimum absolute atomic E-state index is 0.0620. The zero-order valence-electron chi connectivity index (χ0n) is 20.6. The third-order valence-electron chi connectivity index (χ3n) is 7.87. The number of aromatic nitrogens is 1. The summed E-state index contributed by atoms with van der Waals surface area (Å²) < 4.78 is 2.03. The van der Waals surface area contributed by atoms with Crippen LogP contribution in [0.5, 0.6) is 0 Å². The zero-order chi connectivity index (χ0) is 23.9. The second-order valence-electron chi connectivity index (χ2n) is 10.4. The van der Waals surface area contributed by atoms with Gasteiger partial charge in [-0.05, 0) is 69.0 Å². The fraction of sp³-hybridized carbons (Fsp3) is 0.448. The Bertz CT molecular complexity index is 1240. The van der Waals surface area contributed by atoms with Crippen LogP contribution < -0.4 is 10.2 Å². The summed E-state index contributed by atoms with van der Waals surface area (Å²) in [7, 11) is 0. The Morgan fingerprint density at radius 1 is 0.941 bits per heavy atom. The van der Waals surface area contributed by atoms with E-state index >= 15 is 0 Å². The number of nitrogens with zero attached hydrogens (tertiary/aromatic N) is 2. The lowest BCUT2D eigenvalue weighted by molar-refractivity contribution is -0.127. The summed E-state index contributed by atoms with van der Waals surface area (Å²) in [4.78, 5) is 29.8. The predicted octanol–water partition coefficient (Wildman–Crippen LogP) is 5.91. The Morgan fingerprint density at radius 3 is 2.38 bits per heavy atom. The van der Waals surface area contributed by atoms with E-state index in [9.17, 15) is 9.59 Å². The van der Waals surface area contributed by atoms with Crippen molar-refractivity contribution in [2.75, 3.05) is 4.90 Å². The largest absolute Gasteiger partial charge is 0.351 e. The number of hydrogen-bond acceptors (Lipinski definition) is 2. The number of benzene rings is 2. The van der Waals surface area contributed by atoms with E-state index in [1.54, 1.807) is 4.90 Å². The molecule has 1 saturated carbocycles. The third kappa shape index (κ3) is 3.91. The number of para-hydroxylation sites is 1. The van der Waals surface area contributed by atoms with Gasteiger partial charge in [0.15, 0.2) is 0 Å². The van der Waals surface area contributed by atoms with Gasteiger partial charge in [0.25, 0.3) is 5.91 Å². The van der Waals surface area contributed by atoms with Gasteiger partial charge >= 0.3 is 0 Å². The number of carbonyl (C=O) groups excluding carboxylic acids is 2. The van der Waals surface area contributed by atoms with Gasteiger partial charge in [-0.2, -0.15) is 0 Å². The molecule has 178 valence electrons. The first-order valence-corrected chi connectivity index (χ1v) is 12.7. The number of amides is 2.